The number of benzene rings is 2. The molecule has 0 bridgehead atoms. The molecule has 1 amide bonds. The molecule has 0 spiro atoms. The summed E-state index contributed by atoms with van der Waals surface area (Å²) < 4.78 is 32.4. The van der Waals surface area contributed by atoms with Crippen LogP contribution >= 0.6 is 0 Å². The Balaban J connectivity index is 2.18. The molecule has 6 heteroatoms. The molecular formula is C16H16F2N2O2. The average Bonchev–Trinajstić information content (AvgIpc) is 2.49. The van der Waals surface area contributed by atoms with Gasteiger partial charge in [-0.2, -0.15) is 0 Å². The van der Waals surface area contributed by atoms with Crippen molar-refractivity contribution in [2.24, 2.45) is 0 Å². The van der Waals surface area contributed by atoms with E-state index in [0.29, 0.717) is 12.4 Å². The molecule has 2 aromatic rings. The number of amides is 1. The number of hydrogen-bond acceptors (Lipinski definition) is 3. The molecule has 22 heavy (non-hydrogen) atoms. The summed E-state index contributed by atoms with van der Waals surface area (Å²) in [7, 11) is 0. The molecule has 0 atom stereocenters. The molecular weight excluding hydrogens is 290 g/mol. The third kappa shape index (κ3) is 3.52. The lowest BCUT2D eigenvalue weighted by Crippen LogP contribution is -2.14. The second kappa shape index (κ2) is 6.89. The molecule has 0 aromatic heterocycles. The molecule has 0 aliphatic heterocycles. The molecule has 4 nitrogen and oxygen atoms in total. The number of ether oxygens (including phenoxy) is 1. The molecule has 0 saturated carbocycles. The van der Waals surface area contributed by atoms with Crippen molar-refractivity contribution in [1.82, 2.24) is 0 Å². The zero-order valence-electron chi connectivity index (χ0n) is 12.0. The Morgan fingerprint density at radius 2 is 1.91 bits per heavy atom. The number of hydrogen-bond donors (Lipinski definition) is 2. The Morgan fingerprint density at radius 1 is 1.23 bits per heavy atom. The number of rotatable bonds is 5. The third-order valence-corrected chi connectivity index (χ3v) is 2.93. The Bertz CT molecular complexity index is 670. The summed E-state index contributed by atoms with van der Waals surface area (Å²) in [6.45, 7) is 2.47. The second-order valence-corrected chi connectivity index (χ2v) is 4.65. The minimum atomic E-state index is -0.843. The summed E-state index contributed by atoms with van der Waals surface area (Å²) in [6.07, 6.45) is 0.828. The summed E-state index contributed by atoms with van der Waals surface area (Å²) in [6, 6.07) is 7.79. The highest BCUT2D eigenvalue weighted by molar-refractivity contribution is 6.05. The first-order chi connectivity index (χ1) is 10.5. The molecule has 2 aromatic carbocycles. The number of para-hydroxylation sites is 1. The van der Waals surface area contributed by atoms with Gasteiger partial charge in [-0.15, -0.1) is 0 Å². The topological polar surface area (TPSA) is 64.3 Å². The molecule has 2 rings (SSSR count). The fourth-order valence-electron chi connectivity index (χ4n) is 1.84. The van der Waals surface area contributed by atoms with E-state index in [-0.39, 0.29) is 11.3 Å². The summed E-state index contributed by atoms with van der Waals surface area (Å²) in [5.41, 5.74) is 5.78. The smallest absolute Gasteiger partial charge is 0.255 e. The van der Waals surface area contributed by atoms with Gasteiger partial charge in [0, 0.05) is 5.56 Å². The number of nitrogen functional groups attached to an aromatic ring is 1. The summed E-state index contributed by atoms with van der Waals surface area (Å²) in [5, 5.41) is 2.20. The number of carbonyl (C=O) groups is 1. The number of halogens is 2. The van der Waals surface area contributed by atoms with E-state index in [4.69, 9.17) is 10.5 Å². The lowest BCUT2D eigenvalue weighted by atomic mass is 10.1. The maximum absolute atomic E-state index is 13.5. The van der Waals surface area contributed by atoms with Gasteiger partial charge >= 0.3 is 0 Å². The highest BCUT2D eigenvalue weighted by Gasteiger charge is 2.14. The van der Waals surface area contributed by atoms with Crippen molar-refractivity contribution in [2.75, 3.05) is 17.7 Å². The van der Waals surface area contributed by atoms with Crippen LogP contribution < -0.4 is 15.8 Å². The van der Waals surface area contributed by atoms with Gasteiger partial charge in [-0.25, -0.2) is 8.78 Å². The van der Waals surface area contributed by atoms with Crippen LogP contribution in [0, 0.1) is 11.6 Å². The minimum Gasteiger partial charge on any atom is -0.491 e. The van der Waals surface area contributed by atoms with E-state index < -0.39 is 23.2 Å². The van der Waals surface area contributed by atoms with E-state index in [0.717, 1.165) is 18.6 Å². The van der Waals surface area contributed by atoms with Crippen LogP contribution in [-0.2, 0) is 0 Å². The normalized spacial score (nSPS) is 10.3. The van der Waals surface area contributed by atoms with Gasteiger partial charge in [-0.05, 0) is 36.8 Å². The highest BCUT2D eigenvalue weighted by atomic mass is 19.1. The number of anilines is 2. The molecule has 0 unspecified atom stereocenters. The highest BCUT2D eigenvalue weighted by Crippen LogP contribution is 2.24. The third-order valence-electron chi connectivity index (χ3n) is 2.93. The van der Waals surface area contributed by atoms with Crippen LogP contribution in [0.4, 0.5) is 20.2 Å². The Morgan fingerprint density at radius 3 is 2.50 bits per heavy atom. The summed E-state index contributed by atoms with van der Waals surface area (Å²) >= 11 is 0. The van der Waals surface area contributed by atoms with Crippen LogP contribution in [0.1, 0.15) is 23.7 Å². The largest absolute Gasteiger partial charge is 0.491 e. The Kier molecular flexibility index (Phi) is 4.93. The molecule has 0 saturated heterocycles. The standard InChI is InChI=1S/C16H16F2N2O2/c1-2-8-22-14-7-6-10(9-13(14)19)16(21)20-15-11(17)4-3-5-12(15)18/h3-7,9H,2,8,19H2,1H3,(H,20,21). The fourth-order valence-corrected chi connectivity index (χ4v) is 1.84. The van der Waals surface area contributed by atoms with Gasteiger partial charge in [0.15, 0.2) is 0 Å². The van der Waals surface area contributed by atoms with Crippen molar-refractivity contribution >= 4 is 17.3 Å². The predicted molar refractivity (Wildman–Crippen MR) is 81.0 cm³/mol. The minimum absolute atomic E-state index is 0.184. The van der Waals surface area contributed by atoms with Crippen molar-refractivity contribution < 1.29 is 18.3 Å². The maximum atomic E-state index is 13.5. The van der Waals surface area contributed by atoms with Crippen LogP contribution in [0.15, 0.2) is 36.4 Å². The zero-order valence-corrected chi connectivity index (χ0v) is 12.0. The monoisotopic (exact) mass is 306 g/mol. The molecule has 0 aliphatic carbocycles. The summed E-state index contributed by atoms with van der Waals surface area (Å²) in [4.78, 5) is 12.1. The van der Waals surface area contributed by atoms with E-state index >= 15 is 0 Å². The van der Waals surface area contributed by atoms with Gasteiger partial charge in [0.2, 0.25) is 0 Å². The average molecular weight is 306 g/mol. The van der Waals surface area contributed by atoms with Gasteiger partial charge in [0.05, 0.1) is 12.3 Å². The van der Waals surface area contributed by atoms with Crippen molar-refractivity contribution in [3.8, 4) is 5.75 Å². The van der Waals surface area contributed by atoms with Crippen molar-refractivity contribution in [3.05, 3.63) is 53.6 Å². The quantitative estimate of drug-likeness (QED) is 0.830. The second-order valence-electron chi connectivity index (χ2n) is 4.65. The molecule has 3 N–H and O–H groups in total. The number of carbonyl (C=O) groups excluding carboxylic acids is 1. The lowest BCUT2D eigenvalue weighted by molar-refractivity contribution is 0.102. The van der Waals surface area contributed by atoms with Crippen LogP contribution in [0.25, 0.3) is 0 Å². The Hall–Kier alpha value is -2.63. The van der Waals surface area contributed by atoms with Crippen LogP contribution in [0.3, 0.4) is 0 Å². The lowest BCUT2D eigenvalue weighted by Gasteiger charge is -2.11. The van der Waals surface area contributed by atoms with Gasteiger partial charge in [0.1, 0.15) is 23.1 Å². The van der Waals surface area contributed by atoms with Crippen LogP contribution in [0.2, 0.25) is 0 Å². The van der Waals surface area contributed by atoms with Gasteiger partial charge in [-0.3, -0.25) is 4.79 Å². The van der Waals surface area contributed by atoms with Crippen molar-refractivity contribution in [2.45, 2.75) is 13.3 Å². The first-order valence-corrected chi connectivity index (χ1v) is 6.80. The van der Waals surface area contributed by atoms with E-state index in [9.17, 15) is 13.6 Å². The molecule has 116 valence electrons. The number of nitrogens with two attached hydrogens (primary N) is 1. The van der Waals surface area contributed by atoms with Gasteiger partial charge in [-0.1, -0.05) is 13.0 Å². The van der Waals surface area contributed by atoms with Crippen molar-refractivity contribution in [3.63, 3.8) is 0 Å². The fraction of sp³-hybridized carbons (Fsp3) is 0.188. The SMILES string of the molecule is CCCOc1ccc(C(=O)Nc2c(F)cccc2F)cc1N. The Labute approximate surface area is 126 Å². The zero-order chi connectivity index (χ0) is 16.1. The molecule has 0 fully saturated rings. The number of nitrogens with one attached hydrogen (secondary N) is 1. The van der Waals surface area contributed by atoms with E-state index in [1.165, 1.54) is 18.2 Å². The summed E-state index contributed by atoms with van der Waals surface area (Å²) in [5.74, 6) is -1.87. The van der Waals surface area contributed by atoms with E-state index in [1.807, 2.05) is 6.92 Å². The first-order valence-electron chi connectivity index (χ1n) is 6.80. The van der Waals surface area contributed by atoms with Gasteiger partial charge < -0.3 is 15.8 Å². The predicted octanol–water partition coefficient (Wildman–Crippen LogP) is 3.59. The van der Waals surface area contributed by atoms with E-state index in [2.05, 4.69) is 5.32 Å². The van der Waals surface area contributed by atoms with Crippen molar-refractivity contribution in [1.29, 1.82) is 0 Å². The molecule has 0 radical (unpaired) electrons. The maximum Gasteiger partial charge on any atom is 0.255 e. The van der Waals surface area contributed by atoms with Crippen LogP contribution in [-0.4, -0.2) is 12.5 Å². The molecule has 0 aliphatic rings. The van der Waals surface area contributed by atoms with Gasteiger partial charge in [0.25, 0.3) is 5.91 Å². The first kappa shape index (κ1) is 15.8. The molecule has 0 heterocycles. The van der Waals surface area contributed by atoms with Crippen LogP contribution in [0.5, 0.6) is 5.75 Å². The van der Waals surface area contributed by atoms with E-state index in [1.54, 1.807) is 6.07 Å².